The van der Waals surface area contributed by atoms with Crippen molar-refractivity contribution in [3.63, 3.8) is 0 Å². The Labute approximate surface area is 174 Å². The van der Waals surface area contributed by atoms with Crippen LogP contribution in [0.4, 0.5) is 8.78 Å². The van der Waals surface area contributed by atoms with Gasteiger partial charge in [0, 0.05) is 48.8 Å². The Hall–Kier alpha value is -2.30. The van der Waals surface area contributed by atoms with E-state index in [2.05, 4.69) is 4.74 Å². The first-order valence-corrected chi connectivity index (χ1v) is 11.4. The third-order valence-electron chi connectivity index (χ3n) is 5.22. The Kier molecular flexibility index (Phi) is 6.59. The zero-order valence-electron chi connectivity index (χ0n) is 17.1. The Morgan fingerprint density at radius 1 is 1.10 bits per heavy atom. The number of carbonyl (C=O) groups excluding carboxylic acids is 1. The first kappa shape index (κ1) is 22.4. The smallest absolute Gasteiger partial charge is 0.387 e. The molecule has 0 saturated carbocycles. The lowest BCUT2D eigenvalue weighted by Gasteiger charge is -2.32. The molecule has 1 aliphatic heterocycles. The van der Waals surface area contributed by atoms with Crippen molar-refractivity contribution in [3.8, 4) is 11.4 Å². The van der Waals surface area contributed by atoms with Crippen molar-refractivity contribution in [2.24, 2.45) is 0 Å². The number of nitrogens with zero attached hydrogens (tertiary/aromatic N) is 3. The molecule has 2 aromatic rings. The number of hydrogen-bond donors (Lipinski definition) is 0. The highest BCUT2D eigenvalue weighted by Gasteiger charge is 2.26. The number of ether oxygens (including phenoxy) is 1. The largest absolute Gasteiger partial charge is 0.435 e. The van der Waals surface area contributed by atoms with Crippen molar-refractivity contribution in [2.75, 3.05) is 39.0 Å². The van der Waals surface area contributed by atoms with Crippen LogP contribution in [0.5, 0.6) is 5.75 Å². The van der Waals surface area contributed by atoms with Gasteiger partial charge in [-0.05, 0) is 44.2 Å². The maximum atomic E-state index is 12.9. The molecule has 0 N–H and O–H groups in total. The van der Waals surface area contributed by atoms with Crippen LogP contribution in [0.1, 0.15) is 21.7 Å². The number of rotatable bonds is 7. The summed E-state index contributed by atoms with van der Waals surface area (Å²) in [7, 11) is -3.21. The fourth-order valence-corrected chi connectivity index (χ4v) is 4.55. The van der Waals surface area contributed by atoms with Crippen LogP contribution in [-0.2, 0) is 10.0 Å². The van der Waals surface area contributed by atoms with Gasteiger partial charge >= 0.3 is 6.61 Å². The summed E-state index contributed by atoms with van der Waals surface area (Å²) in [6, 6.07) is 8.06. The fourth-order valence-electron chi connectivity index (χ4n) is 3.73. The molecule has 0 unspecified atom stereocenters. The molecule has 0 amide bonds. The molecule has 1 aromatic carbocycles. The second kappa shape index (κ2) is 8.83. The number of alkyl halides is 2. The van der Waals surface area contributed by atoms with Gasteiger partial charge in [0.1, 0.15) is 5.75 Å². The molecule has 30 heavy (non-hydrogen) atoms. The summed E-state index contributed by atoms with van der Waals surface area (Å²) in [6.07, 6.45) is 1.19. The van der Waals surface area contributed by atoms with Crippen LogP contribution in [0.3, 0.4) is 0 Å². The lowest BCUT2D eigenvalue weighted by Crippen LogP contribution is -2.49. The average Bonchev–Trinajstić information content (AvgIpc) is 2.96. The normalized spacial score (nSPS) is 16.2. The highest BCUT2D eigenvalue weighted by Crippen LogP contribution is 2.24. The summed E-state index contributed by atoms with van der Waals surface area (Å²) in [6.45, 7) is 2.80. The number of Topliss-reactive ketones (excluding diaryl/α,β-unsaturated/α-hetero) is 1. The van der Waals surface area contributed by atoms with Gasteiger partial charge < -0.3 is 9.30 Å². The zero-order chi connectivity index (χ0) is 22.1. The van der Waals surface area contributed by atoms with Gasteiger partial charge in [-0.1, -0.05) is 0 Å². The molecular weight excluding hydrogens is 416 g/mol. The van der Waals surface area contributed by atoms with E-state index in [9.17, 15) is 22.0 Å². The summed E-state index contributed by atoms with van der Waals surface area (Å²) >= 11 is 0. The molecule has 7 nitrogen and oxygen atoms in total. The predicted octanol–water partition coefficient (Wildman–Crippen LogP) is 2.46. The van der Waals surface area contributed by atoms with Crippen LogP contribution in [0.2, 0.25) is 0 Å². The molecule has 0 aliphatic carbocycles. The van der Waals surface area contributed by atoms with E-state index in [1.165, 1.54) is 22.7 Å². The standard InChI is InChI=1S/C20H25F2N3O4S/c1-14-12-18(19(26)13-23-8-10-24(11-9-23)30(3,27)28)15(2)25(14)16-4-6-17(7-5-16)29-20(21)22/h4-7,12,20H,8-11,13H2,1-3H3. The quantitative estimate of drug-likeness (QED) is 0.618. The molecule has 3 rings (SSSR count). The third-order valence-corrected chi connectivity index (χ3v) is 6.52. The highest BCUT2D eigenvalue weighted by molar-refractivity contribution is 7.88. The van der Waals surface area contributed by atoms with Gasteiger partial charge in [-0.15, -0.1) is 0 Å². The van der Waals surface area contributed by atoms with Crippen molar-refractivity contribution in [2.45, 2.75) is 20.5 Å². The van der Waals surface area contributed by atoms with E-state index >= 15 is 0 Å². The van der Waals surface area contributed by atoms with Crippen LogP contribution in [0.15, 0.2) is 30.3 Å². The zero-order valence-corrected chi connectivity index (χ0v) is 18.0. The maximum absolute atomic E-state index is 12.9. The van der Waals surface area contributed by atoms with Gasteiger partial charge in [0.15, 0.2) is 5.78 Å². The fraction of sp³-hybridized carbons (Fsp3) is 0.450. The summed E-state index contributed by atoms with van der Waals surface area (Å²) in [5.41, 5.74) is 2.94. The van der Waals surface area contributed by atoms with E-state index in [1.54, 1.807) is 12.1 Å². The molecule has 1 fully saturated rings. The molecule has 0 radical (unpaired) electrons. The Morgan fingerprint density at radius 3 is 2.23 bits per heavy atom. The average molecular weight is 442 g/mol. The minimum atomic E-state index is -3.21. The molecule has 2 heterocycles. The van der Waals surface area contributed by atoms with Crippen molar-refractivity contribution in [1.82, 2.24) is 13.8 Å². The van der Waals surface area contributed by atoms with Crippen LogP contribution in [-0.4, -0.2) is 73.6 Å². The molecule has 1 aliphatic rings. The van der Waals surface area contributed by atoms with Gasteiger partial charge in [-0.3, -0.25) is 9.69 Å². The number of ketones is 1. The Bertz CT molecular complexity index is 1010. The maximum Gasteiger partial charge on any atom is 0.387 e. The number of aryl methyl sites for hydroxylation is 1. The monoisotopic (exact) mass is 441 g/mol. The van der Waals surface area contributed by atoms with E-state index in [4.69, 9.17) is 0 Å². The molecule has 0 spiro atoms. The number of aromatic nitrogens is 1. The van der Waals surface area contributed by atoms with E-state index in [-0.39, 0.29) is 18.1 Å². The second-order valence-corrected chi connectivity index (χ2v) is 9.34. The van der Waals surface area contributed by atoms with Crippen molar-refractivity contribution in [1.29, 1.82) is 0 Å². The number of benzene rings is 1. The molecule has 164 valence electrons. The van der Waals surface area contributed by atoms with E-state index in [0.29, 0.717) is 31.7 Å². The molecule has 1 saturated heterocycles. The van der Waals surface area contributed by atoms with E-state index in [0.717, 1.165) is 17.1 Å². The van der Waals surface area contributed by atoms with Gasteiger partial charge in [0.2, 0.25) is 10.0 Å². The number of piperazine rings is 1. The summed E-state index contributed by atoms with van der Waals surface area (Å²) in [5, 5.41) is 0. The summed E-state index contributed by atoms with van der Waals surface area (Å²) in [5.74, 6) is 0.0283. The van der Waals surface area contributed by atoms with E-state index in [1.807, 2.05) is 29.4 Å². The van der Waals surface area contributed by atoms with Crippen molar-refractivity contribution in [3.05, 3.63) is 47.3 Å². The van der Waals surface area contributed by atoms with Gasteiger partial charge in [-0.25, -0.2) is 8.42 Å². The SMILES string of the molecule is Cc1cc(C(=O)CN2CCN(S(C)(=O)=O)CC2)c(C)n1-c1ccc(OC(F)F)cc1. The first-order chi connectivity index (χ1) is 14.1. The lowest BCUT2D eigenvalue weighted by molar-refractivity contribution is -0.0498. The minimum absolute atomic E-state index is 0.0418. The number of carbonyl (C=O) groups is 1. The Morgan fingerprint density at radius 2 is 1.70 bits per heavy atom. The highest BCUT2D eigenvalue weighted by atomic mass is 32.2. The van der Waals surface area contributed by atoms with Gasteiger partial charge in [0.05, 0.1) is 12.8 Å². The molecule has 10 heteroatoms. The Balaban J connectivity index is 1.71. The molecule has 0 bridgehead atoms. The second-order valence-electron chi connectivity index (χ2n) is 7.35. The summed E-state index contributed by atoms with van der Waals surface area (Å²) < 4.78 is 55.6. The number of halogens is 2. The number of hydrogen-bond acceptors (Lipinski definition) is 5. The summed E-state index contributed by atoms with van der Waals surface area (Å²) in [4.78, 5) is 14.8. The number of sulfonamides is 1. The molecule has 0 atom stereocenters. The lowest BCUT2D eigenvalue weighted by atomic mass is 10.1. The third kappa shape index (κ3) is 5.05. The van der Waals surface area contributed by atoms with Crippen molar-refractivity contribution < 1.29 is 26.7 Å². The van der Waals surface area contributed by atoms with Gasteiger partial charge in [0.25, 0.3) is 0 Å². The topological polar surface area (TPSA) is 71.9 Å². The van der Waals surface area contributed by atoms with Crippen molar-refractivity contribution >= 4 is 15.8 Å². The van der Waals surface area contributed by atoms with E-state index < -0.39 is 16.6 Å². The van der Waals surface area contributed by atoms with Crippen LogP contribution in [0.25, 0.3) is 5.69 Å². The minimum Gasteiger partial charge on any atom is -0.435 e. The van der Waals surface area contributed by atoms with Gasteiger partial charge in [-0.2, -0.15) is 13.1 Å². The predicted molar refractivity (Wildman–Crippen MR) is 109 cm³/mol. The van der Waals surface area contributed by atoms with Crippen LogP contribution >= 0.6 is 0 Å². The first-order valence-electron chi connectivity index (χ1n) is 9.51. The molecule has 1 aromatic heterocycles. The van der Waals surface area contributed by atoms with Crippen LogP contribution < -0.4 is 4.74 Å². The molecular formula is C20H25F2N3O4S. The van der Waals surface area contributed by atoms with Crippen LogP contribution in [0, 0.1) is 13.8 Å².